The van der Waals surface area contributed by atoms with E-state index >= 15 is 0 Å². The third kappa shape index (κ3) is 3.65. The molecule has 7 heteroatoms. The number of likely N-dealkylation sites (N-methyl/N-ethyl adjacent to an activating group) is 1. The molecule has 1 heterocycles. The molecule has 2 rings (SSSR count). The van der Waals surface area contributed by atoms with Gasteiger partial charge in [-0.05, 0) is 25.5 Å². The lowest BCUT2D eigenvalue weighted by molar-refractivity contribution is 0.155. The summed E-state index contributed by atoms with van der Waals surface area (Å²) < 4.78 is 26.7. The van der Waals surface area contributed by atoms with Gasteiger partial charge in [-0.2, -0.15) is 0 Å². The van der Waals surface area contributed by atoms with E-state index in [2.05, 4.69) is 5.32 Å². The highest BCUT2D eigenvalue weighted by atomic mass is 19.1. The zero-order valence-corrected chi connectivity index (χ0v) is 12.7. The van der Waals surface area contributed by atoms with Crippen molar-refractivity contribution in [2.45, 2.75) is 25.4 Å². The van der Waals surface area contributed by atoms with Crippen LogP contribution in [0, 0.1) is 11.6 Å². The predicted molar refractivity (Wildman–Crippen MR) is 79.8 cm³/mol. The number of halogens is 2. The molecule has 0 spiro atoms. The van der Waals surface area contributed by atoms with Crippen molar-refractivity contribution in [3.8, 4) is 0 Å². The van der Waals surface area contributed by atoms with Gasteiger partial charge >= 0.3 is 6.03 Å². The van der Waals surface area contributed by atoms with Crippen molar-refractivity contribution in [3.63, 3.8) is 0 Å². The van der Waals surface area contributed by atoms with Gasteiger partial charge in [0.1, 0.15) is 11.6 Å². The van der Waals surface area contributed by atoms with E-state index in [1.165, 1.54) is 17.0 Å². The number of nitrogens with zero attached hydrogens (tertiary/aromatic N) is 2. The highest BCUT2D eigenvalue weighted by molar-refractivity contribution is 5.74. The monoisotopic (exact) mass is 313 g/mol. The Bertz CT molecular complexity index is 542. The van der Waals surface area contributed by atoms with Crippen molar-refractivity contribution in [2.75, 3.05) is 31.6 Å². The number of aliphatic hydroxyl groups excluding tert-OH is 1. The smallest absolute Gasteiger partial charge is 0.317 e. The molecule has 1 aromatic rings. The van der Waals surface area contributed by atoms with Crippen LogP contribution in [0.25, 0.3) is 0 Å². The molecule has 2 amide bonds. The van der Waals surface area contributed by atoms with E-state index in [0.717, 1.165) is 6.07 Å². The summed E-state index contributed by atoms with van der Waals surface area (Å²) in [5.74, 6) is -1.21. The van der Waals surface area contributed by atoms with Crippen molar-refractivity contribution < 1.29 is 18.7 Å². The minimum Gasteiger partial charge on any atom is -0.394 e. The summed E-state index contributed by atoms with van der Waals surface area (Å²) in [6, 6.07) is 2.85. The van der Waals surface area contributed by atoms with Crippen LogP contribution in [0.3, 0.4) is 0 Å². The summed E-state index contributed by atoms with van der Waals surface area (Å²) >= 11 is 0. The number of nitrogens with one attached hydrogen (secondary N) is 1. The molecule has 0 saturated carbocycles. The Morgan fingerprint density at radius 1 is 1.55 bits per heavy atom. The zero-order chi connectivity index (χ0) is 16.3. The molecule has 1 aromatic carbocycles. The van der Waals surface area contributed by atoms with E-state index in [1.54, 1.807) is 18.9 Å². The fraction of sp³-hybridized carbons (Fsp3) is 0.533. The molecule has 22 heavy (non-hydrogen) atoms. The first-order valence-electron chi connectivity index (χ1n) is 7.26. The van der Waals surface area contributed by atoms with Gasteiger partial charge in [-0.25, -0.2) is 13.6 Å². The van der Waals surface area contributed by atoms with E-state index in [1.807, 2.05) is 0 Å². The van der Waals surface area contributed by atoms with Crippen LogP contribution in [0.5, 0.6) is 0 Å². The van der Waals surface area contributed by atoms with Crippen LogP contribution in [0.2, 0.25) is 0 Å². The van der Waals surface area contributed by atoms with Crippen LogP contribution < -0.4 is 10.2 Å². The number of carbonyl (C=O) groups is 1. The Hall–Kier alpha value is -1.89. The Kier molecular flexibility index (Phi) is 5.18. The summed E-state index contributed by atoms with van der Waals surface area (Å²) in [6.07, 6.45) is 0.684. The highest BCUT2D eigenvalue weighted by Gasteiger charge is 2.27. The molecule has 2 unspecified atom stereocenters. The standard InChI is InChI=1S/C15H21F2N3O2/c1-10(9-21)19(2)15(22)18-12-5-6-20(8-12)14-4-3-11(16)7-13(14)17/h3-4,7,10,12,21H,5-6,8-9H2,1-2H3,(H,18,22). The summed E-state index contributed by atoms with van der Waals surface area (Å²) in [6.45, 7) is 2.69. The Labute approximate surface area is 128 Å². The van der Waals surface area contributed by atoms with Gasteiger partial charge in [-0.1, -0.05) is 0 Å². The lowest BCUT2D eigenvalue weighted by Crippen LogP contribution is -2.48. The second-order valence-electron chi connectivity index (χ2n) is 5.62. The summed E-state index contributed by atoms with van der Waals surface area (Å²) in [7, 11) is 1.61. The molecule has 0 aromatic heterocycles. The zero-order valence-electron chi connectivity index (χ0n) is 12.7. The molecule has 1 aliphatic rings. The quantitative estimate of drug-likeness (QED) is 0.887. The van der Waals surface area contributed by atoms with Crippen LogP contribution >= 0.6 is 0 Å². The number of benzene rings is 1. The van der Waals surface area contributed by atoms with Crippen LogP contribution in [-0.4, -0.2) is 54.9 Å². The largest absolute Gasteiger partial charge is 0.394 e. The van der Waals surface area contributed by atoms with Crippen molar-refractivity contribution in [1.29, 1.82) is 0 Å². The SMILES string of the molecule is CC(CO)N(C)C(=O)NC1CCN(c2ccc(F)cc2F)C1. The third-order valence-electron chi connectivity index (χ3n) is 4.01. The van der Waals surface area contributed by atoms with Crippen molar-refractivity contribution in [3.05, 3.63) is 29.8 Å². The highest BCUT2D eigenvalue weighted by Crippen LogP contribution is 2.24. The Morgan fingerprint density at radius 3 is 2.91 bits per heavy atom. The predicted octanol–water partition coefficient (Wildman–Crippen LogP) is 1.57. The fourth-order valence-electron chi connectivity index (χ4n) is 2.43. The number of hydrogen-bond donors (Lipinski definition) is 2. The van der Waals surface area contributed by atoms with Crippen molar-refractivity contribution in [1.82, 2.24) is 10.2 Å². The van der Waals surface area contributed by atoms with Gasteiger partial charge in [0.25, 0.3) is 0 Å². The van der Waals surface area contributed by atoms with Gasteiger partial charge in [-0.15, -0.1) is 0 Å². The summed E-state index contributed by atoms with van der Waals surface area (Å²) in [4.78, 5) is 15.2. The van der Waals surface area contributed by atoms with Gasteiger partial charge in [-0.3, -0.25) is 0 Å². The molecule has 5 nitrogen and oxygen atoms in total. The fourth-order valence-corrected chi connectivity index (χ4v) is 2.43. The second-order valence-corrected chi connectivity index (χ2v) is 5.62. The summed E-state index contributed by atoms with van der Waals surface area (Å²) in [5.41, 5.74) is 0.343. The number of anilines is 1. The van der Waals surface area contributed by atoms with E-state index < -0.39 is 11.6 Å². The van der Waals surface area contributed by atoms with Crippen molar-refractivity contribution >= 4 is 11.7 Å². The lowest BCUT2D eigenvalue weighted by atomic mass is 10.2. The maximum Gasteiger partial charge on any atom is 0.317 e. The second kappa shape index (κ2) is 6.91. The van der Waals surface area contributed by atoms with E-state index in [4.69, 9.17) is 5.11 Å². The molecular weight excluding hydrogens is 292 g/mol. The first-order valence-corrected chi connectivity index (χ1v) is 7.26. The number of amides is 2. The molecule has 0 aliphatic carbocycles. The van der Waals surface area contributed by atoms with Gasteiger partial charge in [0.15, 0.2) is 0 Å². The molecule has 122 valence electrons. The molecule has 0 bridgehead atoms. The first kappa shape index (κ1) is 16.5. The van der Waals surface area contributed by atoms with Crippen molar-refractivity contribution in [2.24, 2.45) is 0 Å². The molecule has 1 saturated heterocycles. The van der Waals surface area contributed by atoms with Crippen LogP contribution in [-0.2, 0) is 0 Å². The van der Waals surface area contributed by atoms with Crippen LogP contribution in [0.1, 0.15) is 13.3 Å². The molecule has 1 aliphatic heterocycles. The van der Waals surface area contributed by atoms with E-state index in [-0.39, 0.29) is 24.7 Å². The average molecular weight is 313 g/mol. The average Bonchev–Trinajstić information content (AvgIpc) is 2.93. The molecular formula is C15H21F2N3O2. The minimum absolute atomic E-state index is 0.106. The van der Waals surface area contributed by atoms with Gasteiger partial charge < -0.3 is 20.2 Å². The molecule has 2 N–H and O–H groups in total. The minimum atomic E-state index is -0.607. The third-order valence-corrected chi connectivity index (χ3v) is 4.01. The lowest BCUT2D eigenvalue weighted by Gasteiger charge is -2.26. The topological polar surface area (TPSA) is 55.8 Å². The maximum atomic E-state index is 13.8. The normalized spacial score (nSPS) is 19.1. The molecule has 1 fully saturated rings. The molecule has 0 radical (unpaired) electrons. The van der Waals surface area contributed by atoms with Crippen LogP contribution in [0.4, 0.5) is 19.3 Å². The van der Waals surface area contributed by atoms with Gasteiger partial charge in [0, 0.05) is 32.2 Å². The number of urea groups is 1. The van der Waals surface area contributed by atoms with Crippen LogP contribution in [0.15, 0.2) is 18.2 Å². The number of carbonyl (C=O) groups excluding carboxylic acids is 1. The summed E-state index contributed by atoms with van der Waals surface area (Å²) in [5, 5.41) is 11.9. The maximum absolute atomic E-state index is 13.8. The first-order chi connectivity index (χ1) is 10.4. The number of rotatable bonds is 4. The van der Waals surface area contributed by atoms with Gasteiger partial charge in [0.05, 0.1) is 18.3 Å². The molecule has 2 atom stereocenters. The Balaban J connectivity index is 1.94. The van der Waals surface area contributed by atoms with Gasteiger partial charge in [0.2, 0.25) is 0 Å². The van der Waals surface area contributed by atoms with E-state index in [9.17, 15) is 13.6 Å². The van der Waals surface area contributed by atoms with E-state index in [0.29, 0.717) is 25.2 Å². The number of hydrogen-bond acceptors (Lipinski definition) is 3. The number of aliphatic hydroxyl groups is 1. The Morgan fingerprint density at radius 2 is 2.27 bits per heavy atom.